The van der Waals surface area contributed by atoms with Crippen LogP contribution in [0, 0.1) is 5.82 Å². The maximum absolute atomic E-state index is 14.4. The van der Waals surface area contributed by atoms with Crippen LogP contribution in [-0.2, 0) is 13.6 Å². The highest BCUT2D eigenvalue weighted by Crippen LogP contribution is 2.32. The van der Waals surface area contributed by atoms with Gasteiger partial charge in [-0.25, -0.2) is 19.2 Å². The number of carbonyl (C=O) groups is 1. The first kappa shape index (κ1) is 20.3. The molecule has 166 valence electrons. The number of imidazole rings is 1. The summed E-state index contributed by atoms with van der Waals surface area (Å²) in [4.78, 5) is 26.5. The monoisotopic (exact) mass is 436 g/mol. The lowest BCUT2D eigenvalue weighted by molar-refractivity contribution is 0.189. The summed E-state index contributed by atoms with van der Waals surface area (Å²) in [5, 5.41) is 10.1. The number of H-pyrrole nitrogens is 1. The largest absolute Gasteiger partial charge is 0.371 e. The number of fused-ring (bicyclic) bond motifs is 3. The van der Waals surface area contributed by atoms with Gasteiger partial charge in [0.1, 0.15) is 17.0 Å². The number of aryl methyl sites for hydroxylation is 1. The smallest absolute Gasteiger partial charge is 0.317 e. The zero-order valence-corrected chi connectivity index (χ0v) is 18.0. The van der Waals surface area contributed by atoms with Crippen molar-refractivity contribution in [2.45, 2.75) is 6.54 Å². The lowest BCUT2D eigenvalue weighted by atomic mass is 10.1. The first-order chi connectivity index (χ1) is 15.5. The van der Waals surface area contributed by atoms with E-state index in [0.717, 1.165) is 35.2 Å². The van der Waals surface area contributed by atoms with Crippen LogP contribution < -0.4 is 16.0 Å². The Morgan fingerprint density at radius 3 is 2.81 bits per heavy atom. The standard InChI is InChI=1S/C22H25FN8O/c1-24-21-18-19(30(2)12-27-18)16-10-17(28-20(16)29-21)14-7-13(8-15(23)9-14)11-26-22(32)31-5-3-25-4-6-31/h7-10,12,25H,3-6,11H2,1-2H3,(H,26,32)(H2,24,28,29). The van der Waals surface area contributed by atoms with E-state index in [1.54, 1.807) is 18.3 Å². The molecule has 0 bridgehead atoms. The number of benzene rings is 1. The van der Waals surface area contributed by atoms with Crippen LogP contribution in [0.25, 0.3) is 33.3 Å². The van der Waals surface area contributed by atoms with E-state index in [-0.39, 0.29) is 18.4 Å². The average Bonchev–Trinajstić information content (AvgIpc) is 3.40. The Bertz CT molecular complexity index is 1300. The molecular formula is C22H25FN8O. The molecular weight excluding hydrogens is 411 g/mol. The van der Waals surface area contributed by atoms with Crippen molar-refractivity contribution in [3.05, 3.63) is 42.0 Å². The minimum atomic E-state index is -0.359. The molecule has 1 aromatic carbocycles. The molecule has 4 aromatic rings. The van der Waals surface area contributed by atoms with Crippen LogP contribution in [0.3, 0.4) is 0 Å². The van der Waals surface area contributed by atoms with Crippen molar-refractivity contribution >= 4 is 33.9 Å². The zero-order valence-electron chi connectivity index (χ0n) is 18.0. The summed E-state index contributed by atoms with van der Waals surface area (Å²) in [7, 11) is 3.74. The van der Waals surface area contributed by atoms with Gasteiger partial charge in [0, 0.05) is 63.5 Å². The molecule has 5 rings (SSSR count). The molecule has 0 spiro atoms. The summed E-state index contributed by atoms with van der Waals surface area (Å²) in [6.45, 7) is 3.15. The Morgan fingerprint density at radius 1 is 1.22 bits per heavy atom. The summed E-state index contributed by atoms with van der Waals surface area (Å²) in [6.07, 6.45) is 1.75. The van der Waals surface area contributed by atoms with Crippen molar-refractivity contribution in [2.75, 3.05) is 38.5 Å². The Kier molecular flexibility index (Phi) is 5.14. The van der Waals surface area contributed by atoms with Gasteiger partial charge in [-0.3, -0.25) is 0 Å². The van der Waals surface area contributed by atoms with Crippen LogP contribution in [0.15, 0.2) is 30.6 Å². The number of carbonyl (C=O) groups excluding carboxylic acids is 1. The first-order valence-electron chi connectivity index (χ1n) is 10.6. The van der Waals surface area contributed by atoms with Gasteiger partial charge < -0.3 is 30.4 Å². The predicted octanol–water partition coefficient (Wildman–Crippen LogP) is 2.41. The van der Waals surface area contributed by atoms with Gasteiger partial charge in [-0.05, 0) is 29.8 Å². The molecule has 1 fully saturated rings. The number of hydrogen-bond acceptors (Lipinski definition) is 5. The Morgan fingerprint density at radius 2 is 2.03 bits per heavy atom. The third-order valence-electron chi connectivity index (χ3n) is 5.79. The third-order valence-corrected chi connectivity index (χ3v) is 5.79. The second kappa shape index (κ2) is 8.12. The molecule has 0 aliphatic carbocycles. The van der Waals surface area contributed by atoms with Crippen molar-refractivity contribution in [1.29, 1.82) is 0 Å². The van der Waals surface area contributed by atoms with Crippen LogP contribution >= 0.6 is 0 Å². The van der Waals surface area contributed by atoms with E-state index >= 15 is 0 Å². The fourth-order valence-electron chi connectivity index (χ4n) is 4.19. The number of hydrogen-bond donors (Lipinski definition) is 4. The lowest BCUT2D eigenvalue weighted by Gasteiger charge is -2.27. The van der Waals surface area contributed by atoms with E-state index in [0.29, 0.717) is 35.7 Å². The van der Waals surface area contributed by atoms with Crippen molar-refractivity contribution < 1.29 is 9.18 Å². The van der Waals surface area contributed by atoms with Crippen molar-refractivity contribution in [1.82, 2.24) is 35.1 Å². The maximum atomic E-state index is 14.4. The van der Waals surface area contributed by atoms with Gasteiger partial charge in [-0.15, -0.1) is 0 Å². The van der Waals surface area contributed by atoms with Gasteiger partial charge in [0.15, 0.2) is 5.82 Å². The highest BCUT2D eigenvalue weighted by atomic mass is 19.1. The molecule has 0 atom stereocenters. The SMILES string of the molecule is CNc1nc2[nH]c(-c3cc(F)cc(CNC(=O)N4CCNCC4)c3)cc2c2c1ncn2C. The minimum Gasteiger partial charge on any atom is -0.371 e. The highest BCUT2D eigenvalue weighted by Gasteiger charge is 2.17. The number of piperazine rings is 1. The van der Waals surface area contributed by atoms with E-state index < -0.39 is 0 Å². The van der Waals surface area contributed by atoms with Crippen LogP contribution in [0.4, 0.5) is 15.0 Å². The predicted molar refractivity (Wildman–Crippen MR) is 122 cm³/mol. The fraction of sp³-hybridized carbons (Fsp3) is 0.318. The molecule has 1 aliphatic rings. The summed E-state index contributed by atoms with van der Waals surface area (Å²) >= 11 is 0. The van der Waals surface area contributed by atoms with Gasteiger partial charge in [-0.1, -0.05) is 0 Å². The molecule has 4 N–H and O–H groups in total. The number of aromatic nitrogens is 4. The molecule has 1 aliphatic heterocycles. The van der Waals surface area contributed by atoms with Gasteiger partial charge in [-0.2, -0.15) is 0 Å². The van der Waals surface area contributed by atoms with Crippen LogP contribution in [0.1, 0.15) is 5.56 Å². The second-order valence-corrected chi connectivity index (χ2v) is 7.95. The summed E-state index contributed by atoms with van der Waals surface area (Å²) in [5.41, 5.74) is 4.55. The van der Waals surface area contributed by atoms with E-state index in [4.69, 9.17) is 0 Å². The van der Waals surface area contributed by atoms with E-state index in [9.17, 15) is 9.18 Å². The van der Waals surface area contributed by atoms with Gasteiger partial charge in [0.25, 0.3) is 0 Å². The highest BCUT2D eigenvalue weighted by molar-refractivity contribution is 6.07. The van der Waals surface area contributed by atoms with Crippen molar-refractivity contribution in [3.63, 3.8) is 0 Å². The average molecular weight is 436 g/mol. The van der Waals surface area contributed by atoms with E-state index in [2.05, 4.69) is 30.9 Å². The molecule has 3 aromatic heterocycles. The first-order valence-corrected chi connectivity index (χ1v) is 10.6. The fourth-order valence-corrected chi connectivity index (χ4v) is 4.19. The van der Waals surface area contributed by atoms with Crippen molar-refractivity contribution in [3.8, 4) is 11.3 Å². The number of anilines is 1. The maximum Gasteiger partial charge on any atom is 0.317 e. The number of pyridine rings is 1. The van der Waals surface area contributed by atoms with Crippen LogP contribution in [-0.4, -0.2) is 63.7 Å². The Hall–Kier alpha value is -3.66. The quantitative estimate of drug-likeness (QED) is 0.394. The molecule has 0 saturated carbocycles. The molecule has 9 nitrogen and oxygen atoms in total. The van der Waals surface area contributed by atoms with Crippen LogP contribution in [0.5, 0.6) is 0 Å². The molecule has 0 unspecified atom stereocenters. The molecule has 0 radical (unpaired) electrons. The normalized spacial score (nSPS) is 14.3. The molecule has 4 heterocycles. The summed E-state index contributed by atoms with van der Waals surface area (Å²) < 4.78 is 16.4. The number of nitrogens with zero attached hydrogens (tertiary/aromatic N) is 4. The number of urea groups is 1. The van der Waals surface area contributed by atoms with Crippen molar-refractivity contribution in [2.24, 2.45) is 7.05 Å². The number of halogens is 1. The number of aromatic amines is 1. The number of nitrogens with one attached hydrogen (secondary N) is 4. The molecule has 2 amide bonds. The summed E-state index contributed by atoms with van der Waals surface area (Å²) in [5.74, 6) is 0.319. The Labute approximate surface area is 184 Å². The topological polar surface area (TPSA) is 103 Å². The van der Waals surface area contributed by atoms with Gasteiger partial charge >= 0.3 is 6.03 Å². The minimum absolute atomic E-state index is 0.134. The Balaban J connectivity index is 1.46. The zero-order chi connectivity index (χ0) is 22.2. The van der Waals surface area contributed by atoms with E-state index in [1.807, 2.05) is 23.7 Å². The second-order valence-electron chi connectivity index (χ2n) is 7.95. The van der Waals surface area contributed by atoms with Gasteiger partial charge in [0.2, 0.25) is 0 Å². The molecule has 1 saturated heterocycles. The summed E-state index contributed by atoms with van der Waals surface area (Å²) in [6, 6.07) is 6.63. The molecule has 32 heavy (non-hydrogen) atoms. The van der Waals surface area contributed by atoms with E-state index in [1.165, 1.54) is 12.1 Å². The third kappa shape index (κ3) is 3.62. The number of rotatable bonds is 4. The van der Waals surface area contributed by atoms with Gasteiger partial charge in [0.05, 0.1) is 11.8 Å². The molecule has 10 heteroatoms. The number of amides is 2. The lowest BCUT2D eigenvalue weighted by Crippen LogP contribution is -2.50. The van der Waals surface area contributed by atoms with Crippen LogP contribution in [0.2, 0.25) is 0 Å².